The first-order chi connectivity index (χ1) is 7.74. The van der Waals surface area contributed by atoms with E-state index in [0.717, 1.165) is 24.0 Å². The topological polar surface area (TPSA) is 24.9 Å². The van der Waals surface area contributed by atoms with Gasteiger partial charge in [0.25, 0.3) is 0 Å². The van der Waals surface area contributed by atoms with Gasteiger partial charge in [-0.15, -0.1) is 22.9 Å². The highest BCUT2D eigenvalue weighted by Gasteiger charge is 2.19. The minimum Gasteiger partial charge on any atom is -0.311 e. The molecule has 0 amide bonds. The van der Waals surface area contributed by atoms with Gasteiger partial charge in [-0.05, 0) is 38.6 Å². The van der Waals surface area contributed by atoms with Crippen molar-refractivity contribution in [3.8, 4) is 0 Å². The predicted octanol–water partition coefficient (Wildman–Crippen LogP) is 3.34. The molecular formula is C12H19ClN2S. The molecule has 90 valence electrons. The second-order valence-electron chi connectivity index (χ2n) is 4.62. The lowest BCUT2D eigenvalue weighted by atomic mass is 9.89. The summed E-state index contributed by atoms with van der Waals surface area (Å²) in [6.07, 6.45) is 4.98. The van der Waals surface area contributed by atoms with Gasteiger partial charge in [0.2, 0.25) is 0 Å². The van der Waals surface area contributed by atoms with E-state index < -0.39 is 0 Å². The summed E-state index contributed by atoms with van der Waals surface area (Å²) in [5.41, 5.74) is 1.17. The summed E-state index contributed by atoms with van der Waals surface area (Å²) in [4.78, 5) is 4.44. The van der Waals surface area contributed by atoms with Gasteiger partial charge in [0.15, 0.2) is 0 Å². The Kier molecular flexibility index (Phi) is 4.62. The summed E-state index contributed by atoms with van der Waals surface area (Å²) in [5, 5.41) is 7.18. The van der Waals surface area contributed by atoms with Crippen molar-refractivity contribution in [3.63, 3.8) is 0 Å². The summed E-state index contributed by atoms with van der Waals surface area (Å²) in [6.45, 7) is 4.03. The van der Waals surface area contributed by atoms with E-state index in [0.29, 0.717) is 5.38 Å². The molecule has 0 bridgehead atoms. The zero-order valence-corrected chi connectivity index (χ0v) is 11.3. The quantitative estimate of drug-likeness (QED) is 0.838. The van der Waals surface area contributed by atoms with E-state index in [2.05, 4.69) is 15.7 Å². The van der Waals surface area contributed by atoms with Crippen LogP contribution in [0.4, 0.5) is 0 Å². The third kappa shape index (κ3) is 3.72. The van der Waals surface area contributed by atoms with Gasteiger partial charge in [-0.1, -0.05) is 6.42 Å². The standard InChI is InChI=1S/C12H19ClN2S/c1-9-15-12(8-16-9)7-14-6-10-3-2-4-11(13)5-10/h8,10-11,14H,2-7H2,1H3. The maximum absolute atomic E-state index is 6.17. The normalized spacial score (nSPS) is 25.9. The van der Waals surface area contributed by atoms with Crippen LogP contribution in [-0.4, -0.2) is 16.9 Å². The molecule has 16 heavy (non-hydrogen) atoms. The Morgan fingerprint density at radius 3 is 3.12 bits per heavy atom. The van der Waals surface area contributed by atoms with E-state index in [1.54, 1.807) is 11.3 Å². The number of nitrogens with one attached hydrogen (secondary N) is 1. The number of rotatable bonds is 4. The molecule has 2 atom stereocenters. The number of halogens is 1. The zero-order valence-electron chi connectivity index (χ0n) is 9.71. The van der Waals surface area contributed by atoms with Crippen molar-refractivity contribution in [2.75, 3.05) is 6.54 Å². The number of aryl methyl sites for hydroxylation is 1. The summed E-state index contributed by atoms with van der Waals surface area (Å²) in [7, 11) is 0. The average molecular weight is 259 g/mol. The second kappa shape index (κ2) is 5.99. The number of thiazole rings is 1. The highest BCUT2D eigenvalue weighted by molar-refractivity contribution is 7.09. The average Bonchev–Trinajstić information content (AvgIpc) is 2.64. The van der Waals surface area contributed by atoms with Crippen LogP contribution in [0, 0.1) is 12.8 Å². The number of aromatic nitrogens is 1. The van der Waals surface area contributed by atoms with Crippen LogP contribution in [0.5, 0.6) is 0 Å². The first kappa shape index (κ1) is 12.3. The van der Waals surface area contributed by atoms with E-state index in [1.165, 1.54) is 31.4 Å². The molecule has 1 heterocycles. The minimum absolute atomic E-state index is 0.405. The Balaban J connectivity index is 1.67. The third-order valence-corrected chi connectivity index (χ3v) is 4.34. The van der Waals surface area contributed by atoms with E-state index >= 15 is 0 Å². The fraction of sp³-hybridized carbons (Fsp3) is 0.750. The van der Waals surface area contributed by atoms with Crippen molar-refractivity contribution < 1.29 is 0 Å². The Labute approximate surface area is 106 Å². The highest BCUT2D eigenvalue weighted by atomic mass is 35.5. The lowest BCUT2D eigenvalue weighted by molar-refractivity contribution is 0.346. The van der Waals surface area contributed by atoms with Crippen LogP contribution < -0.4 is 5.32 Å². The number of hydrogen-bond donors (Lipinski definition) is 1. The van der Waals surface area contributed by atoms with Gasteiger partial charge in [-0.2, -0.15) is 0 Å². The molecule has 1 aromatic heterocycles. The molecule has 1 fully saturated rings. The third-order valence-electron chi connectivity index (χ3n) is 3.12. The van der Waals surface area contributed by atoms with Crippen LogP contribution in [0.25, 0.3) is 0 Å². The van der Waals surface area contributed by atoms with E-state index in [4.69, 9.17) is 11.6 Å². The van der Waals surface area contributed by atoms with E-state index in [-0.39, 0.29) is 0 Å². The van der Waals surface area contributed by atoms with E-state index in [1.807, 2.05) is 6.92 Å². The van der Waals surface area contributed by atoms with Gasteiger partial charge in [0, 0.05) is 17.3 Å². The lowest BCUT2D eigenvalue weighted by Crippen LogP contribution is -2.27. The van der Waals surface area contributed by atoms with Crippen molar-refractivity contribution in [2.45, 2.75) is 44.5 Å². The number of nitrogens with zero attached hydrogens (tertiary/aromatic N) is 1. The SMILES string of the molecule is Cc1nc(CNCC2CCCC(Cl)C2)cs1. The fourth-order valence-electron chi connectivity index (χ4n) is 2.30. The van der Waals surface area contributed by atoms with Crippen molar-refractivity contribution in [1.82, 2.24) is 10.3 Å². The molecule has 1 aromatic rings. The molecule has 0 saturated heterocycles. The van der Waals surface area contributed by atoms with Gasteiger partial charge in [-0.25, -0.2) is 4.98 Å². The number of hydrogen-bond acceptors (Lipinski definition) is 3. The second-order valence-corrected chi connectivity index (χ2v) is 6.30. The highest BCUT2D eigenvalue weighted by Crippen LogP contribution is 2.27. The number of alkyl halides is 1. The van der Waals surface area contributed by atoms with Crippen molar-refractivity contribution in [1.29, 1.82) is 0 Å². The molecule has 0 aromatic carbocycles. The van der Waals surface area contributed by atoms with Crippen LogP contribution in [0.1, 0.15) is 36.4 Å². The maximum atomic E-state index is 6.17. The molecule has 1 aliphatic rings. The molecule has 4 heteroatoms. The van der Waals surface area contributed by atoms with Crippen LogP contribution >= 0.6 is 22.9 Å². The van der Waals surface area contributed by atoms with Crippen LogP contribution in [-0.2, 0) is 6.54 Å². The fourth-order valence-corrected chi connectivity index (χ4v) is 3.32. The van der Waals surface area contributed by atoms with Gasteiger partial charge in [-0.3, -0.25) is 0 Å². The van der Waals surface area contributed by atoms with Gasteiger partial charge >= 0.3 is 0 Å². The molecule has 1 N–H and O–H groups in total. The van der Waals surface area contributed by atoms with Gasteiger partial charge in [0.05, 0.1) is 10.7 Å². The van der Waals surface area contributed by atoms with Crippen molar-refractivity contribution >= 4 is 22.9 Å². The molecule has 1 saturated carbocycles. The Bertz CT molecular complexity index is 327. The molecule has 0 spiro atoms. The van der Waals surface area contributed by atoms with Crippen LogP contribution in [0.2, 0.25) is 0 Å². The summed E-state index contributed by atoms with van der Waals surface area (Å²) in [6, 6.07) is 0. The smallest absolute Gasteiger partial charge is 0.0897 e. The summed E-state index contributed by atoms with van der Waals surface area (Å²) in [5.74, 6) is 0.760. The Hall–Kier alpha value is -0.120. The molecule has 0 aliphatic heterocycles. The molecular weight excluding hydrogens is 240 g/mol. The molecule has 1 aliphatic carbocycles. The molecule has 0 radical (unpaired) electrons. The van der Waals surface area contributed by atoms with Gasteiger partial charge in [0.1, 0.15) is 0 Å². The molecule has 2 rings (SSSR count). The Morgan fingerprint density at radius 1 is 1.56 bits per heavy atom. The summed E-state index contributed by atoms with van der Waals surface area (Å²) >= 11 is 7.89. The Morgan fingerprint density at radius 2 is 2.44 bits per heavy atom. The first-order valence-corrected chi connectivity index (χ1v) is 7.31. The van der Waals surface area contributed by atoms with E-state index in [9.17, 15) is 0 Å². The van der Waals surface area contributed by atoms with Gasteiger partial charge < -0.3 is 5.32 Å². The van der Waals surface area contributed by atoms with Crippen molar-refractivity contribution in [3.05, 3.63) is 16.1 Å². The first-order valence-electron chi connectivity index (χ1n) is 6.00. The summed E-state index contributed by atoms with van der Waals surface area (Å²) < 4.78 is 0. The monoisotopic (exact) mass is 258 g/mol. The minimum atomic E-state index is 0.405. The predicted molar refractivity (Wildman–Crippen MR) is 70.2 cm³/mol. The molecule has 2 nitrogen and oxygen atoms in total. The van der Waals surface area contributed by atoms with Crippen LogP contribution in [0.3, 0.4) is 0 Å². The largest absolute Gasteiger partial charge is 0.311 e. The van der Waals surface area contributed by atoms with Crippen LogP contribution in [0.15, 0.2) is 5.38 Å². The van der Waals surface area contributed by atoms with Crippen molar-refractivity contribution in [2.24, 2.45) is 5.92 Å². The molecule has 2 unspecified atom stereocenters. The maximum Gasteiger partial charge on any atom is 0.0897 e. The lowest BCUT2D eigenvalue weighted by Gasteiger charge is -2.25. The zero-order chi connectivity index (χ0) is 11.4.